The summed E-state index contributed by atoms with van der Waals surface area (Å²) in [5.41, 5.74) is 0.835. The highest BCUT2D eigenvalue weighted by Crippen LogP contribution is 2.11. The van der Waals surface area contributed by atoms with Crippen molar-refractivity contribution in [1.82, 2.24) is 10.2 Å². The summed E-state index contributed by atoms with van der Waals surface area (Å²) in [7, 11) is 1.31. The Morgan fingerprint density at radius 1 is 1.17 bits per heavy atom. The third-order valence-corrected chi connectivity index (χ3v) is 3.44. The van der Waals surface area contributed by atoms with E-state index in [2.05, 4.69) is 10.1 Å². The van der Waals surface area contributed by atoms with E-state index in [1.165, 1.54) is 14.0 Å². The number of hydrogen-bond acceptors (Lipinski definition) is 4. The Balaban J connectivity index is 2.63. The molecule has 1 aromatic carbocycles. The normalized spacial score (nSPS) is 10.0. The largest absolute Gasteiger partial charge is 0.469 e. The van der Waals surface area contributed by atoms with Crippen molar-refractivity contribution in [3.8, 4) is 0 Å². The van der Waals surface area contributed by atoms with Crippen molar-refractivity contribution in [3.05, 3.63) is 34.9 Å². The van der Waals surface area contributed by atoms with E-state index in [0.29, 0.717) is 18.1 Å². The molecule has 0 aliphatic carbocycles. The first-order valence-electron chi connectivity index (χ1n) is 7.26. The molecular weight excluding hydrogens is 320 g/mol. The molecule has 0 aliphatic rings. The Hall–Kier alpha value is -2.08. The van der Waals surface area contributed by atoms with Crippen LogP contribution in [0.15, 0.2) is 24.3 Å². The van der Waals surface area contributed by atoms with Gasteiger partial charge in [-0.2, -0.15) is 0 Å². The number of methoxy groups -OCH3 is 1. The van der Waals surface area contributed by atoms with Crippen LogP contribution in [0.5, 0.6) is 0 Å². The molecule has 126 valence electrons. The topological polar surface area (TPSA) is 75.7 Å². The van der Waals surface area contributed by atoms with Gasteiger partial charge in [-0.05, 0) is 17.7 Å². The summed E-state index contributed by atoms with van der Waals surface area (Å²) in [5, 5.41) is 3.24. The summed E-state index contributed by atoms with van der Waals surface area (Å²) in [6.45, 7) is 2.33. The zero-order valence-corrected chi connectivity index (χ0v) is 14.1. The summed E-state index contributed by atoms with van der Waals surface area (Å²) in [6, 6.07) is 7.01. The van der Waals surface area contributed by atoms with Gasteiger partial charge in [0.15, 0.2) is 0 Å². The van der Waals surface area contributed by atoms with Crippen LogP contribution in [-0.2, 0) is 25.5 Å². The predicted molar refractivity (Wildman–Crippen MR) is 87.1 cm³/mol. The SMILES string of the molecule is COC(=O)CCN(CCNC(C)=O)C(=O)Cc1ccc(Cl)cc1. The number of carbonyl (C=O) groups is 3. The second kappa shape index (κ2) is 9.84. The molecular formula is C16H21ClN2O4. The minimum absolute atomic E-state index is 0.114. The lowest BCUT2D eigenvalue weighted by atomic mass is 10.1. The monoisotopic (exact) mass is 340 g/mol. The standard InChI is InChI=1S/C16H21ClN2O4/c1-12(20)18-8-10-19(9-7-16(22)23-2)15(21)11-13-3-5-14(17)6-4-13/h3-6H,7-11H2,1-2H3,(H,18,20). The van der Waals surface area contributed by atoms with Crippen molar-refractivity contribution in [2.24, 2.45) is 0 Å². The zero-order chi connectivity index (χ0) is 17.2. The van der Waals surface area contributed by atoms with E-state index in [4.69, 9.17) is 11.6 Å². The third-order valence-electron chi connectivity index (χ3n) is 3.19. The van der Waals surface area contributed by atoms with Crippen LogP contribution in [0.2, 0.25) is 5.02 Å². The van der Waals surface area contributed by atoms with E-state index in [1.807, 2.05) is 0 Å². The van der Waals surface area contributed by atoms with Crippen LogP contribution in [0.4, 0.5) is 0 Å². The number of halogens is 1. The smallest absolute Gasteiger partial charge is 0.307 e. The maximum atomic E-state index is 12.4. The first-order chi connectivity index (χ1) is 10.9. The van der Waals surface area contributed by atoms with Gasteiger partial charge in [0, 0.05) is 31.6 Å². The Kier molecular flexibility index (Phi) is 8.11. The molecule has 7 heteroatoms. The van der Waals surface area contributed by atoms with Gasteiger partial charge in [-0.25, -0.2) is 0 Å². The summed E-state index contributed by atoms with van der Waals surface area (Å²) in [6.07, 6.45) is 0.321. The Labute approximate surface area is 140 Å². The molecule has 0 unspecified atom stereocenters. The first kappa shape index (κ1) is 19.0. The van der Waals surface area contributed by atoms with Crippen molar-refractivity contribution < 1.29 is 19.1 Å². The van der Waals surface area contributed by atoms with E-state index in [9.17, 15) is 14.4 Å². The molecule has 0 radical (unpaired) electrons. The molecule has 0 aliphatic heterocycles. The number of rotatable bonds is 8. The van der Waals surface area contributed by atoms with Crippen molar-refractivity contribution in [2.45, 2.75) is 19.8 Å². The van der Waals surface area contributed by atoms with E-state index in [-0.39, 0.29) is 37.2 Å². The molecule has 2 amide bonds. The molecule has 0 heterocycles. The predicted octanol–water partition coefficient (Wildman–Crippen LogP) is 1.41. The van der Waals surface area contributed by atoms with Crippen LogP contribution in [-0.4, -0.2) is 49.4 Å². The molecule has 6 nitrogen and oxygen atoms in total. The lowest BCUT2D eigenvalue weighted by Gasteiger charge is -2.22. The Morgan fingerprint density at radius 2 is 1.83 bits per heavy atom. The molecule has 0 atom stereocenters. The molecule has 0 aromatic heterocycles. The zero-order valence-electron chi connectivity index (χ0n) is 13.3. The van der Waals surface area contributed by atoms with Gasteiger partial charge in [0.25, 0.3) is 0 Å². The number of amides is 2. The average Bonchev–Trinajstić information content (AvgIpc) is 2.52. The van der Waals surface area contributed by atoms with Crippen LogP contribution >= 0.6 is 11.6 Å². The van der Waals surface area contributed by atoms with Gasteiger partial charge >= 0.3 is 5.97 Å². The van der Waals surface area contributed by atoms with Crippen molar-refractivity contribution >= 4 is 29.4 Å². The number of ether oxygens (including phenoxy) is 1. The van der Waals surface area contributed by atoms with Crippen LogP contribution in [0, 0.1) is 0 Å². The van der Waals surface area contributed by atoms with E-state index < -0.39 is 0 Å². The molecule has 0 spiro atoms. The van der Waals surface area contributed by atoms with Gasteiger partial charge in [-0.1, -0.05) is 23.7 Å². The lowest BCUT2D eigenvalue weighted by molar-refractivity contribution is -0.141. The van der Waals surface area contributed by atoms with Crippen LogP contribution in [0.25, 0.3) is 0 Å². The molecule has 1 aromatic rings. The maximum Gasteiger partial charge on any atom is 0.307 e. The fourth-order valence-electron chi connectivity index (χ4n) is 1.95. The number of carbonyl (C=O) groups excluding carboxylic acids is 3. The van der Waals surface area contributed by atoms with Gasteiger partial charge < -0.3 is 15.0 Å². The second-order valence-electron chi connectivity index (χ2n) is 4.99. The van der Waals surface area contributed by atoms with Gasteiger partial charge in [-0.3, -0.25) is 14.4 Å². The minimum Gasteiger partial charge on any atom is -0.469 e. The third kappa shape index (κ3) is 7.65. The molecule has 0 bridgehead atoms. The number of esters is 1. The van der Waals surface area contributed by atoms with E-state index >= 15 is 0 Å². The Bertz CT molecular complexity index is 546. The van der Waals surface area contributed by atoms with Crippen molar-refractivity contribution in [3.63, 3.8) is 0 Å². The van der Waals surface area contributed by atoms with E-state index in [1.54, 1.807) is 29.2 Å². The van der Waals surface area contributed by atoms with Gasteiger partial charge in [-0.15, -0.1) is 0 Å². The molecule has 0 saturated carbocycles. The highest BCUT2D eigenvalue weighted by molar-refractivity contribution is 6.30. The van der Waals surface area contributed by atoms with Gasteiger partial charge in [0.05, 0.1) is 20.0 Å². The quantitative estimate of drug-likeness (QED) is 0.726. The van der Waals surface area contributed by atoms with Crippen molar-refractivity contribution in [2.75, 3.05) is 26.7 Å². The number of nitrogens with one attached hydrogen (secondary N) is 1. The molecule has 1 rings (SSSR count). The second-order valence-corrected chi connectivity index (χ2v) is 5.43. The highest BCUT2D eigenvalue weighted by atomic mass is 35.5. The Morgan fingerprint density at radius 3 is 2.39 bits per heavy atom. The fraction of sp³-hybridized carbons (Fsp3) is 0.438. The summed E-state index contributed by atoms with van der Waals surface area (Å²) in [5.74, 6) is -0.668. The molecule has 0 saturated heterocycles. The average molecular weight is 341 g/mol. The minimum atomic E-state index is -0.381. The van der Waals surface area contributed by atoms with Crippen LogP contribution in [0.3, 0.4) is 0 Å². The van der Waals surface area contributed by atoms with E-state index in [0.717, 1.165) is 5.56 Å². The summed E-state index contributed by atoms with van der Waals surface area (Å²) in [4.78, 5) is 36.1. The summed E-state index contributed by atoms with van der Waals surface area (Å²) < 4.78 is 4.59. The summed E-state index contributed by atoms with van der Waals surface area (Å²) >= 11 is 5.82. The number of benzene rings is 1. The number of nitrogens with zero attached hydrogens (tertiary/aromatic N) is 1. The molecule has 1 N–H and O–H groups in total. The van der Waals surface area contributed by atoms with Gasteiger partial charge in [0.1, 0.15) is 0 Å². The molecule has 23 heavy (non-hydrogen) atoms. The van der Waals surface area contributed by atoms with Crippen LogP contribution < -0.4 is 5.32 Å². The highest BCUT2D eigenvalue weighted by Gasteiger charge is 2.15. The molecule has 0 fully saturated rings. The first-order valence-corrected chi connectivity index (χ1v) is 7.63. The van der Waals surface area contributed by atoms with Crippen LogP contribution in [0.1, 0.15) is 18.9 Å². The maximum absolute atomic E-state index is 12.4. The van der Waals surface area contributed by atoms with Crippen molar-refractivity contribution in [1.29, 1.82) is 0 Å². The lowest BCUT2D eigenvalue weighted by Crippen LogP contribution is -2.40. The fourth-order valence-corrected chi connectivity index (χ4v) is 2.07. The van der Waals surface area contributed by atoms with Gasteiger partial charge in [0.2, 0.25) is 11.8 Å². The number of hydrogen-bond donors (Lipinski definition) is 1.